The van der Waals surface area contributed by atoms with Gasteiger partial charge in [-0.25, -0.2) is 19.3 Å². The number of nitrogens with two attached hydrogens (primary N) is 1. The molecule has 15 heteroatoms. The summed E-state index contributed by atoms with van der Waals surface area (Å²) in [4.78, 5) is 21.9. The first-order chi connectivity index (χ1) is 18.1. The van der Waals surface area contributed by atoms with Crippen LogP contribution in [0.25, 0.3) is 0 Å². The number of rotatable bonds is 11. The van der Waals surface area contributed by atoms with Crippen LogP contribution in [0.5, 0.6) is 0 Å². The van der Waals surface area contributed by atoms with Crippen molar-refractivity contribution in [2.45, 2.75) is 36.1 Å². The van der Waals surface area contributed by atoms with E-state index in [1.54, 1.807) is 35.1 Å². The number of aliphatic hydroxyl groups is 2. The van der Waals surface area contributed by atoms with Gasteiger partial charge in [-0.15, -0.1) is 0 Å². The van der Waals surface area contributed by atoms with Gasteiger partial charge in [0.2, 0.25) is 5.78 Å². The average Bonchev–Trinajstić information content (AvgIpc) is 3.46. The molecule has 0 aliphatic heterocycles. The molecule has 5 atom stereocenters. The van der Waals surface area contributed by atoms with Gasteiger partial charge in [0.15, 0.2) is 0 Å². The highest BCUT2D eigenvalue weighted by atomic mass is 32.2. The van der Waals surface area contributed by atoms with Crippen LogP contribution in [0.1, 0.15) is 28.0 Å². The summed E-state index contributed by atoms with van der Waals surface area (Å²) in [7, 11) is -5.52. The van der Waals surface area contributed by atoms with E-state index in [4.69, 9.17) is 5.14 Å². The molecule has 0 unspecified atom stereocenters. The summed E-state index contributed by atoms with van der Waals surface area (Å²) in [5.41, 5.74) is 1.05. The largest absolute Gasteiger partial charge is 0.390 e. The Bertz CT molecular complexity index is 1460. The van der Waals surface area contributed by atoms with Gasteiger partial charge >= 0.3 is 10.3 Å². The van der Waals surface area contributed by atoms with Crippen LogP contribution in [0, 0.1) is 5.92 Å². The van der Waals surface area contributed by atoms with Crippen molar-refractivity contribution < 1.29 is 31.8 Å². The Hall–Kier alpha value is -3.34. The number of aromatic nitrogens is 4. The maximum absolute atomic E-state index is 13.3. The van der Waals surface area contributed by atoms with E-state index in [9.17, 15) is 27.6 Å². The predicted molar refractivity (Wildman–Crippen MR) is 136 cm³/mol. The average molecular weight is 563 g/mol. The molecule has 5 N–H and O–H groups in total. The maximum atomic E-state index is 13.3. The van der Waals surface area contributed by atoms with Gasteiger partial charge in [0.25, 0.3) is 0 Å². The molecule has 0 spiro atoms. The summed E-state index contributed by atoms with van der Waals surface area (Å²) in [5.74, 6) is -1.08. The molecular weight excluding hydrogens is 536 g/mol. The number of hydrogen-bond acceptors (Lipinski definition) is 11. The van der Waals surface area contributed by atoms with Crippen LogP contribution >= 0.6 is 0 Å². The van der Waals surface area contributed by atoms with Crippen molar-refractivity contribution >= 4 is 32.7 Å². The fourth-order valence-electron chi connectivity index (χ4n) is 4.16. The van der Waals surface area contributed by atoms with E-state index < -0.39 is 57.7 Å². The fraction of sp³-hybridized carbons (Fsp3) is 0.304. The molecule has 4 rings (SSSR count). The van der Waals surface area contributed by atoms with Crippen LogP contribution in [-0.4, -0.2) is 73.2 Å². The van der Waals surface area contributed by atoms with Crippen molar-refractivity contribution in [3.63, 3.8) is 0 Å². The molecule has 1 aromatic carbocycles. The Labute approximate surface area is 221 Å². The van der Waals surface area contributed by atoms with E-state index in [0.29, 0.717) is 11.4 Å². The standard InChI is InChI=1S/C23H26N6O7S2/c1-2-37(33)16-5-3-4-14(8-16)11-29-7-6-18(28-29)21(31)17-10-25-13-26-23(17)27-19-9-15(20(30)22(19)32)12-36-38(24,34)35/h2-8,10,13,15,19-20,22,30,32H,1,9,11-12H2,(H2,24,34,35)(H,25,26,27)/t15-,19-,20-,22+,37+/m1/s1. The molecule has 1 saturated carbocycles. The molecule has 1 fully saturated rings. The Kier molecular flexibility index (Phi) is 8.44. The SMILES string of the molecule is C=C[S@](=O)c1cccc(Cn2ccc(C(=O)c3cncnc3N[C@@H]3C[C@H](COS(N)(=O)=O)[C@@H](O)[C@H]3O)n2)c1. The van der Waals surface area contributed by atoms with Crippen molar-refractivity contribution in [2.75, 3.05) is 11.9 Å². The van der Waals surface area contributed by atoms with Crippen molar-refractivity contribution in [3.8, 4) is 0 Å². The Morgan fingerprint density at radius 2 is 2.11 bits per heavy atom. The van der Waals surface area contributed by atoms with E-state index in [0.717, 1.165) is 5.56 Å². The number of ketones is 1. The summed E-state index contributed by atoms with van der Waals surface area (Å²) >= 11 is 0. The van der Waals surface area contributed by atoms with Crippen molar-refractivity contribution in [3.05, 3.63) is 77.9 Å². The first kappa shape index (κ1) is 27.7. The highest BCUT2D eigenvalue weighted by Crippen LogP contribution is 2.30. The van der Waals surface area contributed by atoms with E-state index in [1.165, 1.54) is 17.9 Å². The third-order valence-corrected chi connectivity index (χ3v) is 7.51. The Balaban J connectivity index is 1.47. The van der Waals surface area contributed by atoms with Crippen LogP contribution in [-0.2, 0) is 31.8 Å². The monoisotopic (exact) mass is 562 g/mol. The summed E-state index contributed by atoms with van der Waals surface area (Å²) in [6.07, 6.45) is 1.72. The number of nitrogens with one attached hydrogen (secondary N) is 1. The third kappa shape index (κ3) is 6.56. The first-order valence-electron chi connectivity index (χ1n) is 11.4. The molecule has 1 aliphatic carbocycles. The van der Waals surface area contributed by atoms with Gasteiger partial charge in [-0.2, -0.15) is 13.5 Å². The maximum Gasteiger partial charge on any atom is 0.333 e. The van der Waals surface area contributed by atoms with Crippen LogP contribution in [0.3, 0.4) is 0 Å². The molecule has 2 aromatic heterocycles. The molecule has 3 aromatic rings. The second kappa shape index (κ2) is 11.6. The quantitative estimate of drug-likeness (QED) is 0.228. The molecule has 0 bridgehead atoms. The topological polar surface area (TPSA) is 200 Å². The molecule has 0 radical (unpaired) electrons. The lowest BCUT2D eigenvalue weighted by molar-refractivity contribution is 0.00778. The molecular formula is C23H26N6O7S2. The zero-order valence-corrected chi connectivity index (χ0v) is 21.6. The van der Waals surface area contributed by atoms with Crippen molar-refractivity contribution in [2.24, 2.45) is 11.1 Å². The number of carbonyl (C=O) groups is 1. The lowest BCUT2D eigenvalue weighted by Crippen LogP contribution is -2.36. The lowest BCUT2D eigenvalue weighted by Gasteiger charge is -2.19. The van der Waals surface area contributed by atoms with Gasteiger partial charge in [0, 0.05) is 28.6 Å². The summed E-state index contributed by atoms with van der Waals surface area (Å²) in [6.45, 7) is 3.47. The van der Waals surface area contributed by atoms with Crippen LogP contribution in [0.2, 0.25) is 0 Å². The highest BCUT2D eigenvalue weighted by Gasteiger charge is 2.42. The minimum absolute atomic E-state index is 0.0899. The zero-order valence-electron chi connectivity index (χ0n) is 20.0. The summed E-state index contributed by atoms with van der Waals surface area (Å²) in [5, 5.41) is 34.3. The highest BCUT2D eigenvalue weighted by molar-refractivity contribution is 7.88. The number of benzene rings is 1. The predicted octanol–water partition coefficient (Wildman–Crippen LogP) is -0.0542. The van der Waals surface area contributed by atoms with Crippen LogP contribution in [0.4, 0.5) is 5.82 Å². The number of carbonyl (C=O) groups excluding carboxylic acids is 1. The van der Waals surface area contributed by atoms with Crippen LogP contribution in [0.15, 0.2) is 65.9 Å². The van der Waals surface area contributed by atoms with Crippen LogP contribution < -0.4 is 10.5 Å². The number of hydrogen-bond donors (Lipinski definition) is 4. The van der Waals surface area contributed by atoms with Gasteiger partial charge in [0.05, 0.1) is 41.7 Å². The molecule has 0 amide bonds. The van der Waals surface area contributed by atoms with Gasteiger partial charge in [-0.05, 0) is 30.2 Å². The first-order valence-corrected chi connectivity index (χ1v) is 14.0. The van der Waals surface area contributed by atoms with E-state index in [2.05, 4.69) is 31.1 Å². The molecule has 202 valence electrons. The van der Waals surface area contributed by atoms with Gasteiger partial charge < -0.3 is 15.5 Å². The fourth-order valence-corrected chi connectivity index (χ4v) is 5.20. The number of aliphatic hydroxyl groups excluding tert-OH is 2. The summed E-state index contributed by atoms with van der Waals surface area (Å²) < 4.78 is 40.3. The van der Waals surface area contributed by atoms with Gasteiger partial charge in [0.1, 0.15) is 23.9 Å². The van der Waals surface area contributed by atoms with E-state index in [1.807, 2.05) is 6.07 Å². The normalized spacial score (nSPS) is 22.2. The van der Waals surface area contributed by atoms with E-state index >= 15 is 0 Å². The molecule has 2 heterocycles. The smallest absolute Gasteiger partial charge is 0.333 e. The number of nitrogens with zero attached hydrogens (tertiary/aromatic N) is 4. The molecule has 1 aliphatic rings. The third-order valence-electron chi connectivity index (χ3n) is 6.03. The molecule has 13 nitrogen and oxygen atoms in total. The van der Waals surface area contributed by atoms with Crippen molar-refractivity contribution in [1.29, 1.82) is 0 Å². The molecule has 0 saturated heterocycles. The zero-order chi connectivity index (χ0) is 27.4. The number of anilines is 1. The lowest BCUT2D eigenvalue weighted by atomic mass is 10.1. The minimum Gasteiger partial charge on any atom is -0.390 e. The van der Waals surface area contributed by atoms with Crippen molar-refractivity contribution in [1.82, 2.24) is 19.7 Å². The van der Waals surface area contributed by atoms with Gasteiger partial charge in [-0.3, -0.25) is 13.7 Å². The minimum atomic E-state index is -4.21. The Morgan fingerprint density at radius 3 is 2.84 bits per heavy atom. The summed E-state index contributed by atoms with van der Waals surface area (Å²) in [6, 6.07) is 7.92. The second-order valence-corrected chi connectivity index (χ2v) is 11.3. The molecule has 38 heavy (non-hydrogen) atoms. The Morgan fingerprint density at radius 1 is 1.32 bits per heavy atom. The second-order valence-electron chi connectivity index (χ2n) is 8.63. The van der Waals surface area contributed by atoms with Gasteiger partial charge in [-0.1, -0.05) is 18.7 Å². The van der Waals surface area contributed by atoms with E-state index in [-0.39, 0.29) is 23.5 Å².